The zero-order chi connectivity index (χ0) is 18.2. The molecule has 0 aliphatic carbocycles. The molecule has 0 radical (unpaired) electrons. The SMILES string of the molecule is COc1ccc(C(C)=O)cc1CO/N=C\c1ccc(OC(F)F)cc1. The summed E-state index contributed by atoms with van der Waals surface area (Å²) in [4.78, 5) is 16.7. The molecule has 2 rings (SSSR count). The van der Waals surface area contributed by atoms with Crippen LogP contribution in [0.15, 0.2) is 47.6 Å². The van der Waals surface area contributed by atoms with Gasteiger partial charge in [-0.3, -0.25) is 4.79 Å². The maximum atomic E-state index is 12.1. The molecule has 2 aromatic carbocycles. The van der Waals surface area contributed by atoms with E-state index in [0.29, 0.717) is 22.4 Å². The second kappa shape index (κ2) is 8.77. The van der Waals surface area contributed by atoms with Crippen molar-refractivity contribution in [1.82, 2.24) is 0 Å². The van der Waals surface area contributed by atoms with Crippen molar-refractivity contribution < 1.29 is 27.9 Å². The number of carbonyl (C=O) groups is 1. The number of alkyl halides is 2. The summed E-state index contributed by atoms with van der Waals surface area (Å²) in [5.74, 6) is 0.603. The van der Waals surface area contributed by atoms with Gasteiger partial charge in [0, 0.05) is 11.1 Å². The van der Waals surface area contributed by atoms with Crippen LogP contribution in [-0.4, -0.2) is 25.7 Å². The molecule has 0 saturated carbocycles. The first-order valence-electron chi connectivity index (χ1n) is 7.37. The minimum atomic E-state index is -2.86. The Bertz CT molecular complexity index is 745. The predicted octanol–water partition coefficient (Wildman–Crippen LogP) is 4.05. The Morgan fingerprint density at radius 1 is 1.20 bits per heavy atom. The van der Waals surface area contributed by atoms with E-state index >= 15 is 0 Å². The number of carbonyl (C=O) groups excluding carboxylic acids is 1. The van der Waals surface area contributed by atoms with Gasteiger partial charge in [0.2, 0.25) is 0 Å². The fraction of sp³-hybridized carbons (Fsp3) is 0.222. The van der Waals surface area contributed by atoms with Gasteiger partial charge in [-0.1, -0.05) is 5.16 Å². The Morgan fingerprint density at radius 3 is 2.52 bits per heavy atom. The van der Waals surface area contributed by atoms with E-state index in [-0.39, 0.29) is 18.1 Å². The minimum absolute atomic E-state index is 0.0569. The molecule has 0 fully saturated rings. The summed E-state index contributed by atoms with van der Waals surface area (Å²) in [6, 6.07) is 11.0. The van der Waals surface area contributed by atoms with E-state index in [9.17, 15) is 13.6 Å². The molecular formula is C18H17F2NO4. The van der Waals surface area contributed by atoms with E-state index in [0.717, 1.165) is 0 Å². The van der Waals surface area contributed by atoms with Gasteiger partial charge in [0.25, 0.3) is 0 Å². The molecule has 7 heteroatoms. The molecule has 0 N–H and O–H groups in total. The maximum Gasteiger partial charge on any atom is 0.387 e. The van der Waals surface area contributed by atoms with Gasteiger partial charge in [-0.2, -0.15) is 8.78 Å². The van der Waals surface area contributed by atoms with Gasteiger partial charge < -0.3 is 14.3 Å². The number of methoxy groups -OCH3 is 1. The molecule has 0 aromatic heterocycles. The van der Waals surface area contributed by atoms with E-state index in [1.54, 1.807) is 30.3 Å². The first-order chi connectivity index (χ1) is 12.0. The Hall–Kier alpha value is -2.96. The van der Waals surface area contributed by atoms with Crippen LogP contribution < -0.4 is 9.47 Å². The Labute approximate surface area is 143 Å². The molecule has 0 amide bonds. The number of ether oxygens (including phenoxy) is 2. The molecule has 0 unspecified atom stereocenters. The molecule has 0 saturated heterocycles. The highest BCUT2D eigenvalue weighted by atomic mass is 19.3. The normalized spacial score (nSPS) is 10.9. The van der Waals surface area contributed by atoms with Crippen molar-refractivity contribution in [3.05, 3.63) is 59.2 Å². The van der Waals surface area contributed by atoms with Crippen LogP contribution in [0.5, 0.6) is 11.5 Å². The van der Waals surface area contributed by atoms with Crippen molar-refractivity contribution in [3.8, 4) is 11.5 Å². The zero-order valence-corrected chi connectivity index (χ0v) is 13.7. The van der Waals surface area contributed by atoms with Gasteiger partial charge in [0.15, 0.2) is 5.78 Å². The quantitative estimate of drug-likeness (QED) is 0.410. The average Bonchev–Trinajstić information content (AvgIpc) is 2.59. The van der Waals surface area contributed by atoms with Crippen LogP contribution in [0.1, 0.15) is 28.4 Å². The number of halogens is 2. The van der Waals surface area contributed by atoms with Gasteiger partial charge in [0.05, 0.1) is 13.3 Å². The monoisotopic (exact) mass is 349 g/mol. The summed E-state index contributed by atoms with van der Waals surface area (Å²) >= 11 is 0. The number of hydrogen-bond acceptors (Lipinski definition) is 5. The lowest BCUT2D eigenvalue weighted by Crippen LogP contribution is -2.01. The number of nitrogens with zero attached hydrogens (tertiary/aromatic N) is 1. The number of hydrogen-bond donors (Lipinski definition) is 0. The van der Waals surface area contributed by atoms with Crippen LogP contribution in [0.4, 0.5) is 8.78 Å². The lowest BCUT2D eigenvalue weighted by molar-refractivity contribution is -0.0498. The standard InChI is InChI=1S/C18H17F2NO4/c1-12(22)14-5-8-17(23-2)15(9-14)11-24-21-10-13-3-6-16(7-4-13)25-18(19)20/h3-10,18H,11H2,1-2H3/b21-10-. The highest BCUT2D eigenvalue weighted by molar-refractivity contribution is 5.94. The summed E-state index contributed by atoms with van der Waals surface area (Å²) in [5.41, 5.74) is 1.90. The molecule has 0 heterocycles. The Kier molecular flexibility index (Phi) is 6.45. The van der Waals surface area contributed by atoms with Gasteiger partial charge in [-0.05, 0) is 55.0 Å². The Balaban J connectivity index is 1.96. The smallest absolute Gasteiger partial charge is 0.387 e. The lowest BCUT2D eigenvalue weighted by atomic mass is 10.1. The third-order valence-corrected chi connectivity index (χ3v) is 3.29. The van der Waals surface area contributed by atoms with Crippen LogP contribution in [0.25, 0.3) is 0 Å². The van der Waals surface area contributed by atoms with E-state index in [1.165, 1.54) is 32.4 Å². The molecule has 0 bridgehead atoms. The molecule has 25 heavy (non-hydrogen) atoms. The molecule has 0 aliphatic heterocycles. The van der Waals surface area contributed by atoms with Crippen molar-refractivity contribution in [2.45, 2.75) is 20.1 Å². The highest BCUT2D eigenvalue weighted by Crippen LogP contribution is 2.21. The van der Waals surface area contributed by atoms with Crippen LogP contribution in [0.3, 0.4) is 0 Å². The topological polar surface area (TPSA) is 57.1 Å². The molecule has 132 valence electrons. The predicted molar refractivity (Wildman–Crippen MR) is 88.5 cm³/mol. The summed E-state index contributed by atoms with van der Waals surface area (Å²) < 4.78 is 33.6. The third-order valence-electron chi connectivity index (χ3n) is 3.29. The molecular weight excluding hydrogens is 332 g/mol. The third kappa shape index (κ3) is 5.56. The first-order valence-corrected chi connectivity index (χ1v) is 7.37. The van der Waals surface area contributed by atoms with Crippen molar-refractivity contribution in [3.63, 3.8) is 0 Å². The second-order valence-electron chi connectivity index (χ2n) is 5.04. The second-order valence-corrected chi connectivity index (χ2v) is 5.04. The lowest BCUT2D eigenvalue weighted by Gasteiger charge is -2.08. The number of Topliss-reactive ketones (excluding diaryl/α,β-unsaturated/α-hetero) is 1. The van der Waals surface area contributed by atoms with Crippen molar-refractivity contribution in [2.75, 3.05) is 7.11 Å². The summed E-state index contributed by atoms with van der Waals surface area (Å²) in [6.45, 7) is -1.26. The summed E-state index contributed by atoms with van der Waals surface area (Å²) in [6.07, 6.45) is 1.44. The molecule has 0 atom stereocenters. The van der Waals surface area contributed by atoms with Crippen molar-refractivity contribution in [2.24, 2.45) is 5.16 Å². The number of oxime groups is 1. The maximum absolute atomic E-state index is 12.1. The molecule has 2 aromatic rings. The summed E-state index contributed by atoms with van der Waals surface area (Å²) in [5, 5.41) is 3.82. The number of benzene rings is 2. The number of rotatable bonds is 8. The number of ketones is 1. The fourth-order valence-electron chi connectivity index (χ4n) is 2.05. The van der Waals surface area contributed by atoms with E-state index < -0.39 is 6.61 Å². The first kappa shape index (κ1) is 18.4. The van der Waals surface area contributed by atoms with Gasteiger partial charge in [-0.15, -0.1) is 0 Å². The fourth-order valence-corrected chi connectivity index (χ4v) is 2.05. The highest BCUT2D eigenvalue weighted by Gasteiger charge is 2.08. The van der Waals surface area contributed by atoms with Crippen molar-refractivity contribution in [1.29, 1.82) is 0 Å². The van der Waals surface area contributed by atoms with Crippen molar-refractivity contribution >= 4 is 12.0 Å². The summed E-state index contributed by atoms with van der Waals surface area (Å²) in [7, 11) is 1.53. The minimum Gasteiger partial charge on any atom is -0.496 e. The van der Waals surface area contributed by atoms with Gasteiger partial charge in [-0.25, -0.2) is 0 Å². The molecule has 5 nitrogen and oxygen atoms in total. The molecule has 0 spiro atoms. The van der Waals surface area contributed by atoms with Gasteiger partial charge >= 0.3 is 6.61 Å². The largest absolute Gasteiger partial charge is 0.496 e. The van der Waals surface area contributed by atoms with E-state index in [2.05, 4.69) is 9.89 Å². The van der Waals surface area contributed by atoms with Crippen LogP contribution >= 0.6 is 0 Å². The van der Waals surface area contributed by atoms with Crippen LogP contribution in [0.2, 0.25) is 0 Å². The van der Waals surface area contributed by atoms with Gasteiger partial charge in [0.1, 0.15) is 18.1 Å². The zero-order valence-electron chi connectivity index (χ0n) is 13.7. The van der Waals surface area contributed by atoms with Crippen LogP contribution in [-0.2, 0) is 11.4 Å². The van der Waals surface area contributed by atoms with E-state index in [1.807, 2.05) is 0 Å². The Morgan fingerprint density at radius 2 is 1.92 bits per heavy atom. The molecule has 0 aliphatic rings. The van der Waals surface area contributed by atoms with E-state index in [4.69, 9.17) is 9.57 Å². The van der Waals surface area contributed by atoms with Crippen LogP contribution in [0, 0.1) is 0 Å². The average molecular weight is 349 g/mol.